The van der Waals surface area contributed by atoms with Crippen molar-refractivity contribution in [2.24, 2.45) is 0 Å². The molecule has 0 aliphatic heterocycles. The lowest BCUT2D eigenvalue weighted by molar-refractivity contribution is 0.198. The van der Waals surface area contributed by atoms with E-state index in [-0.39, 0.29) is 10.4 Å². The molecule has 0 amide bonds. The highest BCUT2D eigenvalue weighted by Crippen LogP contribution is 2.17. The summed E-state index contributed by atoms with van der Waals surface area (Å²) in [5.41, 5.74) is 0.151. The molecule has 0 aliphatic rings. The second-order valence-corrected chi connectivity index (χ2v) is 4.59. The highest BCUT2D eigenvalue weighted by atomic mass is 79.9. The van der Waals surface area contributed by atoms with Crippen molar-refractivity contribution < 1.29 is 13.5 Å². The van der Waals surface area contributed by atoms with Crippen molar-refractivity contribution in [3.63, 3.8) is 0 Å². The number of ether oxygens (including phenoxy) is 1. The van der Waals surface area contributed by atoms with Gasteiger partial charge in [-0.3, -0.25) is 0 Å². The number of hydrogen-bond acceptors (Lipinski definition) is 1. The molecule has 0 bridgehead atoms. The zero-order chi connectivity index (χ0) is 11.3. The molecule has 84 valence electrons. The summed E-state index contributed by atoms with van der Waals surface area (Å²) in [5.74, 6) is -0.959. The van der Waals surface area contributed by atoms with Crippen molar-refractivity contribution in [3.05, 3.63) is 35.4 Å². The molecule has 1 rings (SSSR count). The zero-order valence-corrected chi connectivity index (χ0v) is 10.1. The van der Waals surface area contributed by atoms with Crippen LogP contribution < -0.4 is 0 Å². The van der Waals surface area contributed by atoms with Gasteiger partial charge in [0, 0.05) is 17.5 Å². The quantitative estimate of drug-likeness (QED) is 0.751. The topological polar surface area (TPSA) is 9.23 Å². The highest BCUT2D eigenvalue weighted by Gasteiger charge is 2.10. The van der Waals surface area contributed by atoms with Gasteiger partial charge in [0.25, 0.3) is 0 Å². The van der Waals surface area contributed by atoms with Crippen LogP contribution in [0, 0.1) is 11.6 Å². The Kier molecular flexibility index (Phi) is 5.19. The summed E-state index contributed by atoms with van der Waals surface area (Å²) in [4.78, 5) is 0.126. The van der Waals surface area contributed by atoms with Crippen molar-refractivity contribution in [2.75, 3.05) is 13.7 Å². The third-order valence-electron chi connectivity index (χ3n) is 2.12. The minimum atomic E-state index is -0.480. The maximum absolute atomic E-state index is 13.2. The molecule has 0 saturated carbocycles. The van der Waals surface area contributed by atoms with Crippen LogP contribution in [-0.2, 0) is 11.2 Å². The lowest BCUT2D eigenvalue weighted by Gasteiger charge is -2.09. The lowest BCUT2D eigenvalue weighted by Crippen LogP contribution is -2.09. The average molecular weight is 279 g/mol. The molecule has 1 atom stereocenters. The predicted molar refractivity (Wildman–Crippen MR) is 59.3 cm³/mol. The fraction of sp³-hybridized carbons (Fsp3) is 0.455. The van der Waals surface area contributed by atoms with Gasteiger partial charge in [-0.15, -0.1) is 0 Å². The van der Waals surface area contributed by atoms with Gasteiger partial charge < -0.3 is 4.74 Å². The largest absolute Gasteiger partial charge is 0.384 e. The van der Waals surface area contributed by atoms with Gasteiger partial charge >= 0.3 is 0 Å². The smallest absolute Gasteiger partial charge is 0.129 e. The maximum atomic E-state index is 13.2. The predicted octanol–water partition coefficient (Wildman–Crippen LogP) is 3.31. The molecule has 0 heterocycles. The van der Waals surface area contributed by atoms with E-state index in [1.54, 1.807) is 7.11 Å². The Morgan fingerprint density at radius 3 is 2.47 bits per heavy atom. The van der Waals surface area contributed by atoms with E-state index in [0.717, 1.165) is 0 Å². The van der Waals surface area contributed by atoms with E-state index in [4.69, 9.17) is 4.74 Å². The summed E-state index contributed by atoms with van der Waals surface area (Å²) in [6.45, 7) is 0.538. The standard InChI is InChI=1S/C11H13BrF2O/c1-15-7-8(12)5-6-9-10(13)3-2-4-11(9)14/h2-4,8H,5-7H2,1H3. The second-order valence-electron chi connectivity index (χ2n) is 3.29. The lowest BCUT2D eigenvalue weighted by atomic mass is 10.1. The molecular formula is C11H13BrF2O. The van der Waals surface area contributed by atoms with Crippen molar-refractivity contribution in [2.45, 2.75) is 17.7 Å². The van der Waals surface area contributed by atoms with Gasteiger partial charge in [0.15, 0.2) is 0 Å². The van der Waals surface area contributed by atoms with Crippen LogP contribution in [0.4, 0.5) is 8.78 Å². The fourth-order valence-electron chi connectivity index (χ4n) is 1.34. The first-order valence-electron chi connectivity index (χ1n) is 4.71. The van der Waals surface area contributed by atoms with Crippen molar-refractivity contribution in [1.82, 2.24) is 0 Å². The summed E-state index contributed by atoms with van der Waals surface area (Å²) in [6, 6.07) is 3.92. The number of alkyl halides is 1. The average Bonchev–Trinajstić information content (AvgIpc) is 2.17. The molecule has 1 unspecified atom stereocenters. The van der Waals surface area contributed by atoms with Gasteiger partial charge in [0.2, 0.25) is 0 Å². The molecule has 0 aliphatic carbocycles. The van der Waals surface area contributed by atoms with E-state index in [1.165, 1.54) is 18.2 Å². The molecule has 0 fully saturated rings. The molecule has 1 aromatic carbocycles. The Hall–Kier alpha value is -0.480. The van der Waals surface area contributed by atoms with Crippen LogP contribution >= 0.6 is 15.9 Å². The summed E-state index contributed by atoms with van der Waals surface area (Å²) < 4.78 is 31.3. The van der Waals surface area contributed by atoms with Gasteiger partial charge in [-0.1, -0.05) is 22.0 Å². The third kappa shape index (κ3) is 3.87. The number of methoxy groups -OCH3 is 1. The van der Waals surface area contributed by atoms with E-state index in [0.29, 0.717) is 19.4 Å². The normalized spacial score (nSPS) is 12.8. The zero-order valence-electron chi connectivity index (χ0n) is 8.47. The molecule has 1 aromatic rings. The first-order chi connectivity index (χ1) is 7.15. The van der Waals surface area contributed by atoms with E-state index < -0.39 is 11.6 Å². The number of rotatable bonds is 5. The van der Waals surface area contributed by atoms with Gasteiger partial charge in [-0.05, 0) is 25.0 Å². The van der Waals surface area contributed by atoms with Crippen LogP contribution in [0.2, 0.25) is 0 Å². The molecule has 0 N–H and O–H groups in total. The van der Waals surface area contributed by atoms with Crippen LogP contribution in [0.5, 0.6) is 0 Å². The number of benzene rings is 1. The molecule has 0 aromatic heterocycles. The SMILES string of the molecule is COCC(Br)CCc1c(F)cccc1F. The summed E-state index contributed by atoms with van der Waals surface area (Å²) in [7, 11) is 1.60. The van der Waals surface area contributed by atoms with Gasteiger partial charge in [-0.25, -0.2) is 8.78 Å². The summed E-state index contributed by atoms with van der Waals surface area (Å²) in [5, 5.41) is 0. The van der Waals surface area contributed by atoms with Gasteiger partial charge in [0.1, 0.15) is 11.6 Å². The van der Waals surface area contributed by atoms with E-state index in [9.17, 15) is 8.78 Å². The van der Waals surface area contributed by atoms with Crippen molar-refractivity contribution >= 4 is 15.9 Å². The van der Waals surface area contributed by atoms with E-state index >= 15 is 0 Å². The second kappa shape index (κ2) is 6.18. The monoisotopic (exact) mass is 278 g/mol. The summed E-state index contributed by atoms with van der Waals surface area (Å²) in [6.07, 6.45) is 1.02. The fourth-order valence-corrected chi connectivity index (χ4v) is 1.83. The Labute approximate surface area is 96.6 Å². The van der Waals surface area contributed by atoms with Crippen LogP contribution in [0.3, 0.4) is 0 Å². The first kappa shape index (κ1) is 12.6. The van der Waals surface area contributed by atoms with Crippen molar-refractivity contribution in [3.8, 4) is 0 Å². The van der Waals surface area contributed by atoms with Crippen LogP contribution in [0.25, 0.3) is 0 Å². The Morgan fingerprint density at radius 1 is 1.33 bits per heavy atom. The van der Waals surface area contributed by atoms with E-state index in [2.05, 4.69) is 15.9 Å². The Bertz CT molecular complexity index is 297. The molecular weight excluding hydrogens is 266 g/mol. The first-order valence-corrected chi connectivity index (χ1v) is 5.62. The van der Waals surface area contributed by atoms with Crippen LogP contribution in [0.1, 0.15) is 12.0 Å². The Balaban J connectivity index is 2.57. The van der Waals surface area contributed by atoms with E-state index in [1.807, 2.05) is 0 Å². The molecule has 0 spiro atoms. The molecule has 0 radical (unpaired) electrons. The van der Waals surface area contributed by atoms with Gasteiger partial charge in [0.05, 0.1) is 6.61 Å². The number of hydrogen-bond donors (Lipinski definition) is 0. The molecule has 0 saturated heterocycles. The molecule has 15 heavy (non-hydrogen) atoms. The minimum absolute atomic E-state index is 0.126. The van der Waals surface area contributed by atoms with Crippen LogP contribution in [-0.4, -0.2) is 18.5 Å². The van der Waals surface area contributed by atoms with Crippen molar-refractivity contribution in [1.29, 1.82) is 0 Å². The highest BCUT2D eigenvalue weighted by molar-refractivity contribution is 9.09. The maximum Gasteiger partial charge on any atom is 0.129 e. The molecule has 1 nitrogen and oxygen atoms in total. The van der Waals surface area contributed by atoms with Gasteiger partial charge in [-0.2, -0.15) is 0 Å². The minimum Gasteiger partial charge on any atom is -0.384 e. The van der Waals surface area contributed by atoms with Crippen LogP contribution in [0.15, 0.2) is 18.2 Å². The summed E-state index contributed by atoms with van der Waals surface area (Å²) >= 11 is 3.37. The Morgan fingerprint density at radius 2 is 1.93 bits per heavy atom. The third-order valence-corrected chi connectivity index (χ3v) is 2.84. The number of halogens is 3. The molecule has 4 heteroatoms.